The molecular weight excluding hydrogens is 318 g/mol. The number of hydrogen-bond donors (Lipinski definition) is 1. The molecule has 106 valence electrons. The number of halogens is 1. The average molecular weight is 336 g/mol. The Labute approximate surface area is 126 Å². The topological polar surface area (TPSA) is 61.0 Å². The summed E-state index contributed by atoms with van der Waals surface area (Å²) in [6.45, 7) is 1.94. The molecule has 0 bridgehead atoms. The molecule has 2 N–H and O–H groups in total. The molecule has 5 heteroatoms. The van der Waals surface area contributed by atoms with Crippen molar-refractivity contribution < 1.29 is 4.74 Å². The van der Waals surface area contributed by atoms with Gasteiger partial charge in [-0.3, -0.25) is 0 Å². The third-order valence-electron chi connectivity index (χ3n) is 3.78. The van der Waals surface area contributed by atoms with E-state index in [1.54, 1.807) is 0 Å². The van der Waals surface area contributed by atoms with E-state index in [2.05, 4.69) is 25.9 Å². The van der Waals surface area contributed by atoms with Gasteiger partial charge in [0, 0.05) is 9.86 Å². The minimum Gasteiger partial charge on any atom is -0.488 e. The van der Waals surface area contributed by atoms with Crippen molar-refractivity contribution in [2.24, 2.45) is 0 Å². The Kier molecular flexibility index (Phi) is 3.78. The van der Waals surface area contributed by atoms with Crippen LogP contribution in [-0.2, 0) is 0 Å². The second kappa shape index (κ2) is 5.56. The molecule has 0 spiro atoms. The first-order valence-corrected chi connectivity index (χ1v) is 7.83. The van der Waals surface area contributed by atoms with E-state index in [1.165, 1.54) is 19.3 Å². The number of aryl methyl sites for hydroxylation is 1. The third kappa shape index (κ3) is 2.73. The highest BCUT2D eigenvalue weighted by molar-refractivity contribution is 9.10. The summed E-state index contributed by atoms with van der Waals surface area (Å²) in [5.41, 5.74) is 7.46. The monoisotopic (exact) mass is 335 g/mol. The van der Waals surface area contributed by atoms with Gasteiger partial charge in [-0.15, -0.1) is 0 Å². The predicted molar refractivity (Wildman–Crippen MR) is 83.9 cm³/mol. The summed E-state index contributed by atoms with van der Waals surface area (Å²) in [5.74, 6) is 1.10. The molecule has 1 aromatic carbocycles. The lowest BCUT2D eigenvalue weighted by Gasteiger charge is -2.23. The van der Waals surface area contributed by atoms with Crippen LogP contribution in [0.4, 0.5) is 5.95 Å². The number of rotatable bonds is 2. The van der Waals surface area contributed by atoms with Gasteiger partial charge in [0.25, 0.3) is 0 Å². The fraction of sp³-hybridized carbons (Fsp3) is 0.467. The highest BCUT2D eigenvalue weighted by Gasteiger charge is 2.18. The Bertz CT molecular complexity index is 639. The van der Waals surface area contributed by atoms with Crippen LogP contribution in [0.25, 0.3) is 10.9 Å². The van der Waals surface area contributed by atoms with E-state index in [1.807, 2.05) is 19.1 Å². The smallest absolute Gasteiger partial charge is 0.220 e. The molecule has 2 aromatic rings. The molecule has 1 aliphatic carbocycles. The molecule has 1 aromatic heterocycles. The van der Waals surface area contributed by atoms with Crippen LogP contribution in [-0.4, -0.2) is 16.1 Å². The van der Waals surface area contributed by atoms with Gasteiger partial charge < -0.3 is 10.5 Å². The SMILES string of the molecule is Cc1nc(N)nc2c(OC3CCCCC3)cc(Br)cc12. The van der Waals surface area contributed by atoms with Gasteiger partial charge in [0.05, 0.1) is 11.8 Å². The number of nitrogens with zero attached hydrogens (tertiary/aromatic N) is 2. The van der Waals surface area contributed by atoms with E-state index in [0.717, 1.165) is 39.7 Å². The molecule has 4 nitrogen and oxygen atoms in total. The molecule has 0 radical (unpaired) electrons. The maximum Gasteiger partial charge on any atom is 0.220 e. The average Bonchev–Trinajstić information content (AvgIpc) is 2.41. The van der Waals surface area contributed by atoms with Crippen molar-refractivity contribution >= 4 is 32.8 Å². The van der Waals surface area contributed by atoms with Crippen LogP contribution in [0.1, 0.15) is 37.8 Å². The van der Waals surface area contributed by atoms with Crippen molar-refractivity contribution in [3.05, 3.63) is 22.3 Å². The van der Waals surface area contributed by atoms with Gasteiger partial charge in [-0.25, -0.2) is 9.97 Å². The summed E-state index contributed by atoms with van der Waals surface area (Å²) in [7, 11) is 0. The molecule has 1 fully saturated rings. The standard InChI is InChI=1S/C15H18BrN3O/c1-9-12-7-10(16)8-13(14(12)19-15(17)18-9)20-11-5-3-2-4-6-11/h7-8,11H,2-6H2,1H3,(H2,17,18,19). The van der Waals surface area contributed by atoms with Crippen molar-refractivity contribution in [3.63, 3.8) is 0 Å². The fourth-order valence-electron chi connectivity index (χ4n) is 2.79. The van der Waals surface area contributed by atoms with Gasteiger partial charge in [0.2, 0.25) is 5.95 Å². The Balaban J connectivity index is 2.04. The number of ether oxygens (including phenoxy) is 1. The summed E-state index contributed by atoms with van der Waals surface area (Å²) in [6.07, 6.45) is 6.33. The first-order valence-electron chi connectivity index (χ1n) is 7.03. The lowest BCUT2D eigenvalue weighted by molar-refractivity contribution is 0.156. The van der Waals surface area contributed by atoms with Crippen LogP contribution in [0.2, 0.25) is 0 Å². The van der Waals surface area contributed by atoms with Crippen molar-refractivity contribution in [1.82, 2.24) is 9.97 Å². The summed E-state index contributed by atoms with van der Waals surface area (Å²) in [4.78, 5) is 8.58. The van der Waals surface area contributed by atoms with Gasteiger partial charge in [-0.2, -0.15) is 0 Å². The van der Waals surface area contributed by atoms with Crippen molar-refractivity contribution in [3.8, 4) is 5.75 Å². The minimum absolute atomic E-state index is 0.290. The molecule has 3 rings (SSSR count). The lowest BCUT2D eigenvalue weighted by atomic mass is 9.98. The second-order valence-electron chi connectivity index (χ2n) is 5.35. The molecule has 1 heterocycles. The van der Waals surface area contributed by atoms with Gasteiger partial charge in [0.1, 0.15) is 11.3 Å². The quantitative estimate of drug-likeness (QED) is 0.901. The van der Waals surface area contributed by atoms with E-state index in [0.29, 0.717) is 5.95 Å². The van der Waals surface area contributed by atoms with Crippen LogP contribution in [0.15, 0.2) is 16.6 Å². The van der Waals surface area contributed by atoms with Crippen molar-refractivity contribution in [2.45, 2.75) is 45.1 Å². The van der Waals surface area contributed by atoms with Gasteiger partial charge in [-0.1, -0.05) is 22.4 Å². The maximum atomic E-state index is 6.18. The number of hydrogen-bond acceptors (Lipinski definition) is 4. The first-order chi connectivity index (χ1) is 9.63. The van der Waals surface area contributed by atoms with E-state index in [9.17, 15) is 0 Å². The van der Waals surface area contributed by atoms with Crippen LogP contribution in [0.5, 0.6) is 5.75 Å². The van der Waals surface area contributed by atoms with Crippen molar-refractivity contribution in [1.29, 1.82) is 0 Å². The minimum atomic E-state index is 0.290. The van der Waals surface area contributed by atoms with Crippen LogP contribution < -0.4 is 10.5 Å². The molecule has 20 heavy (non-hydrogen) atoms. The number of nitrogen functional groups attached to an aromatic ring is 1. The normalized spacial score (nSPS) is 16.5. The second-order valence-corrected chi connectivity index (χ2v) is 6.26. The molecule has 0 unspecified atom stereocenters. The largest absolute Gasteiger partial charge is 0.488 e. The van der Waals surface area contributed by atoms with E-state index >= 15 is 0 Å². The molecule has 0 amide bonds. The van der Waals surface area contributed by atoms with Gasteiger partial charge >= 0.3 is 0 Å². The predicted octanol–water partition coefficient (Wildman–Crippen LogP) is 3.99. The van der Waals surface area contributed by atoms with Gasteiger partial charge in [-0.05, 0) is 44.7 Å². The van der Waals surface area contributed by atoms with Crippen LogP contribution in [0.3, 0.4) is 0 Å². The lowest BCUT2D eigenvalue weighted by Crippen LogP contribution is -2.20. The molecule has 1 saturated carbocycles. The molecule has 1 aliphatic rings. The number of aromatic nitrogens is 2. The summed E-state index contributed by atoms with van der Waals surface area (Å²) in [6, 6.07) is 3.99. The highest BCUT2D eigenvalue weighted by Crippen LogP contribution is 2.33. The van der Waals surface area contributed by atoms with E-state index in [-0.39, 0.29) is 6.10 Å². The molecule has 0 aliphatic heterocycles. The molecular formula is C15H18BrN3O. The Morgan fingerprint density at radius 2 is 1.95 bits per heavy atom. The zero-order valence-corrected chi connectivity index (χ0v) is 13.1. The summed E-state index contributed by atoms with van der Waals surface area (Å²) in [5, 5.41) is 0.986. The molecule has 0 saturated heterocycles. The van der Waals surface area contributed by atoms with Crippen LogP contribution >= 0.6 is 15.9 Å². The Hall–Kier alpha value is -1.36. The number of anilines is 1. The fourth-order valence-corrected chi connectivity index (χ4v) is 3.23. The zero-order valence-electron chi connectivity index (χ0n) is 11.5. The zero-order chi connectivity index (χ0) is 14.1. The van der Waals surface area contributed by atoms with Gasteiger partial charge in [0.15, 0.2) is 0 Å². The van der Waals surface area contributed by atoms with Crippen molar-refractivity contribution in [2.75, 3.05) is 5.73 Å². The third-order valence-corrected chi connectivity index (χ3v) is 4.24. The van der Waals surface area contributed by atoms with Crippen LogP contribution in [0, 0.1) is 6.92 Å². The molecule has 0 atom stereocenters. The number of benzene rings is 1. The number of nitrogens with two attached hydrogens (primary N) is 1. The van der Waals surface area contributed by atoms with E-state index < -0.39 is 0 Å². The summed E-state index contributed by atoms with van der Waals surface area (Å²) >= 11 is 3.53. The summed E-state index contributed by atoms with van der Waals surface area (Å²) < 4.78 is 7.16. The highest BCUT2D eigenvalue weighted by atomic mass is 79.9. The first kappa shape index (κ1) is 13.6. The van der Waals surface area contributed by atoms with E-state index in [4.69, 9.17) is 10.5 Å². The Morgan fingerprint density at radius 1 is 1.20 bits per heavy atom. The maximum absolute atomic E-state index is 6.18. The number of fused-ring (bicyclic) bond motifs is 1. The Morgan fingerprint density at radius 3 is 2.70 bits per heavy atom.